The van der Waals surface area contributed by atoms with Gasteiger partial charge in [0.25, 0.3) is 0 Å². The van der Waals surface area contributed by atoms with Gasteiger partial charge in [-0.1, -0.05) is 54.1 Å². The van der Waals surface area contributed by atoms with Gasteiger partial charge in [-0.15, -0.1) is 0 Å². The Morgan fingerprint density at radius 1 is 1.06 bits per heavy atom. The predicted molar refractivity (Wildman–Crippen MR) is 149 cm³/mol. The van der Waals surface area contributed by atoms with Gasteiger partial charge in [0.05, 0.1) is 0 Å². The van der Waals surface area contributed by atoms with Crippen molar-refractivity contribution in [1.29, 1.82) is 0 Å². The van der Waals surface area contributed by atoms with Crippen molar-refractivity contribution in [2.75, 3.05) is 5.75 Å². The molecule has 3 N–H and O–H groups in total. The van der Waals surface area contributed by atoms with E-state index < -0.39 is 16.2 Å². The number of ether oxygens (including phenoxy) is 1. The number of unbranched alkanes of at least 4 members (excludes halogenated alkanes) is 1. The van der Waals surface area contributed by atoms with E-state index in [-0.39, 0.29) is 18.1 Å². The van der Waals surface area contributed by atoms with Crippen LogP contribution in [0.25, 0.3) is 0 Å². The number of benzene rings is 2. The zero-order valence-electron chi connectivity index (χ0n) is 21.8. The molecule has 1 amide bonds. The number of nitrogens with one attached hydrogen (secondary N) is 1. The van der Waals surface area contributed by atoms with Crippen molar-refractivity contribution < 1.29 is 18.6 Å². The molecule has 36 heavy (non-hydrogen) atoms. The molecule has 2 unspecified atom stereocenters. The first-order valence-corrected chi connectivity index (χ1v) is 15.0. The summed E-state index contributed by atoms with van der Waals surface area (Å²) in [4.78, 5) is 12.7. The summed E-state index contributed by atoms with van der Waals surface area (Å²) >= 11 is 0. The molecule has 2 atom stereocenters. The van der Waals surface area contributed by atoms with Crippen LogP contribution in [0.5, 0.6) is 0 Å². The number of hydrogen-bond donors (Lipinski definition) is 3. The number of rotatable bonds is 9. The summed E-state index contributed by atoms with van der Waals surface area (Å²) in [6.45, 7) is 5.66. The Kier molecular flexibility index (Phi) is 8.48. The van der Waals surface area contributed by atoms with Crippen molar-refractivity contribution in [3.63, 3.8) is 0 Å². The molecule has 5 nitrogen and oxygen atoms in total. The van der Waals surface area contributed by atoms with E-state index >= 15 is 0 Å². The van der Waals surface area contributed by atoms with Gasteiger partial charge in [0.15, 0.2) is 0 Å². The summed E-state index contributed by atoms with van der Waals surface area (Å²) in [6.07, 6.45) is 6.95. The molecule has 196 valence electrons. The van der Waals surface area contributed by atoms with E-state index in [0.717, 1.165) is 51.4 Å². The number of amides is 1. The molecule has 0 aromatic heterocycles. The second kappa shape index (κ2) is 11.4. The SMILES string of the molecule is CC(C)(C)OC(=O)NC1CCc2ccc(CCCCS(O)(O)C=C3CC3)cc2C1Cc1ccccc1. The van der Waals surface area contributed by atoms with E-state index in [9.17, 15) is 13.9 Å². The summed E-state index contributed by atoms with van der Waals surface area (Å²) in [5.41, 5.74) is 5.84. The molecule has 0 saturated heterocycles. The van der Waals surface area contributed by atoms with Crippen LogP contribution >= 0.6 is 10.6 Å². The van der Waals surface area contributed by atoms with Crippen LogP contribution in [0.3, 0.4) is 0 Å². The molecular weight excluding hydrogens is 470 g/mol. The third-order valence-corrected chi connectivity index (χ3v) is 8.48. The van der Waals surface area contributed by atoms with Crippen molar-refractivity contribution >= 4 is 16.7 Å². The molecule has 0 aliphatic heterocycles. The molecular formula is C30H41NO4S. The minimum atomic E-state index is -2.58. The number of carbonyl (C=O) groups excluding carboxylic acids is 1. The minimum absolute atomic E-state index is 0.00580. The topological polar surface area (TPSA) is 78.8 Å². The summed E-state index contributed by atoms with van der Waals surface area (Å²) in [5, 5.41) is 4.88. The maximum absolute atomic E-state index is 12.7. The van der Waals surface area contributed by atoms with Crippen LogP contribution < -0.4 is 5.32 Å². The smallest absolute Gasteiger partial charge is 0.407 e. The van der Waals surface area contributed by atoms with Crippen molar-refractivity contribution in [2.45, 2.75) is 89.7 Å². The second-order valence-corrected chi connectivity index (χ2v) is 13.4. The van der Waals surface area contributed by atoms with E-state index in [0.29, 0.717) is 5.75 Å². The second-order valence-electron chi connectivity index (χ2n) is 11.3. The Bertz CT molecular complexity index is 1070. The average Bonchev–Trinajstić information content (AvgIpc) is 3.61. The van der Waals surface area contributed by atoms with Gasteiger partial charge in [-0.2, -0.15) is 10.6 Å². The molecule has 2 aliphatic carbocycles. The highest BCUT2D eigenvalue weighted by atomic mass is 32.3. The van der Waals surface area contributed by atoms with E-state index in [1.165, 1.54) is 27.8 Å². The Hall–Kier alpha value is -2.28. The normalized spacial score (nSPS) is 19.9. The van der Waals surface area contributed by atoms with Crippen LogP contribution in [0.2, 0.25) is 0 Å². The maximum Gasteiger partial charge on any atom is 0.407 e. The van der Waals surface area contributed by atoms with E-state index in [2.05, 4.69) is 47.8 Å². The molecule has 1 fully saturated rings. The van der Waals surface area contributed by atoms with Gasteiger partial charge < -0.3 is 10.1 Å². The highest BCUT2D eigenvalue weighted by Gasteiger charge is 2.32. The van der Waals surface area contributed by atoms with E-state index in [1.54, 1.807) is 5.41 Å². The number of hydrogen-bond acceptors (Lipinski definition) is 4. The summed E-state index contributed by atoms with van der Waals surface area (Å²) in [7, 11) is -2.58. The summed E-state index contributed by atoms with van der Waals surface area (Å²) < 4.78 is 26.1. The van der Waals surface area contributed by atoms with Gasteiger partial charge in [-0.25, -0.2) is 4.79 Å². The fraction of sp³-hybridized carbons (Fsp3) is 0.500. The number of fused-ring (bicyclic) bond motifs is 1. The number of alkyl carbamates (subject to hydrolysis) is 1. The van der Waals surface area contributed by atoms with Crippen LogP contribution in [0.4, 0.5) is 4.79 Å². The molecule has 2 aromatic rings. The van der Waals surface area contributed by atoms with Crippen molar-refractivity contribution in [2.24, 2.45) is 0 Å². The van der Waals surface area contributed by atoms with Gasteiger partial charge in [0.1, 0.15) is 5.60 Å². The first kappa shape index (κ1) is 26.8. The third-order valence-electron chi connectivity index (χ3n) is 6.88. The Balaban J connectivity index is 1.46. The largest absolute Gasteiger partial charge is 0.444 e. The lowest BCUT2D eigenvalue weighted by Gasteiger charge is -2.35. The minimum Gasteiger partial charge on any atom is -0.444 e. The molecule has 0 radical (unpaired) electrons. The predicted octanol–water partition coefficient (Wildman–Crippen LogP) is 7.60. The first-order chi connectivity index (χ1) is 17.1. The number of aryl methyl sites for hydroxylation is 2. The Morgan fingerprint density at radius 2 is 1.81 bits per heavy atom. The molecule has 6 heteroatoms. The van der Waals surface area contributed by atoms with Crippen LogP contribution in [-0.2, 0) is 24.0 Å². The number of carbonyl (C=O) groups is 1. The highest BCUT2D eigenvalue weighted by molar-refractivity contribution is 8.26. The average molecular weight is 512 g/mol. The fourth-order valence-electron chi connectivity index (χ4n) is 5.01. The van der Waals surface area contributed by atoms with Gasteiger partial charge in [0, 0.05) is 23.1 Å². The number of allylic oxidation sites excluding steroid dienone is 1. The van der Waals surface area contributed by atoms with Gasteiger partial charge in [0.2, 0.25) is 0 Å². The lowest BCUT2D eigenvalue weighted by atomic mass is 9.75. The fourth-order valence-corrected chi connectivity index (χ4v) is 6.53. The van der Waals surface area contributed by atoms with Gasteiger partial charge in [-0.05, 0) is 94.4 Å². The van der Waals surface area contributed by atoms with Gasteiger partial charge >= 0.3 is 6.09 Å². The zero-order valence-corrected chi connectivity index (χ0v) is 22.7. The monoisotopic (exact) mass is 511 g/mol. The quantitative estimate of drug-likeness (QED) is 0.303. The zero-order chi connectivity index (χ0) is 25.8. The standard InChI is InChI=1S/C30H41NO4S/c1-30(2,3)35-29(32)31-28-17-16-25-15-14-23(11-7-8-18-36(33,34)21-24-12-13-24)19-26(25)27(28)20-22-9-5-4-6-10-22/h4-6,9-10,14-15,19,21,27-28,33-34H,7-8,11-13,16-18,20H2,1-3H3,(H,31,32). The van der Waals surface area contributed by atoms with E-state index in [1.807, 2.05) is 26.8 Å². The van der Waals surface area contributed by atoms with Crippen molar-refractivity contribution in [3.8, 4) is 0 Å². The molecule has 2 aromatic carbocycles. The highest BCUT2D eigenvalue weighted by Crippen LogP contribution is 2.47. The molecule has 2 aliphatic rings. The molecule has 4 rings (SSSR count). The summed E-state index contributed by atoms with van der Waals surface area (Å²) in [5.74, 6) is 0.612. The van der Waals surface area contributed by atoms with E-state index in [4.69, 9.17) is 4.74 Å². The Labute approximate surface area is 217 Å². The maximum atomic E-state index is 12.7. The van der Waals surface area contributed by atoms with Gasteiger partial charge in [-0.3, -0.25) is 9.11 Å². The molecule has 1 saturated carbocycles. The van der Waals surface area contributed by atoms with Crippen LogP contribution in [0.1, 0.15) is 81.0 Å². The van der Waals surface area contributed by atoms with Crippen molar-refractivity contribution in [3.05, 3.63) is 81.8 Å². The lowest BCUT2D eigenvalue weighted by Crippen LogP contribution is -2.44. The molecule has 0 spiro atoms. The Morgan fingerprint density at radius 3 is 2.50 bits per heavy atom. The first-order valence-electron chi connectivity index (χ1n) is 13.2. The molecule has 0 heterocycles. The molecule has 0 bridgehead atoms. The summed E-state index contributed by atoms with van der Waals surface area (Å²) in [6, 6.07) is 17.2. The third kappa shape index (κ3) is 8.12. The van der Waals surface area contributed by atoms with Crippen molar-refractivity contribution in [1.82, 2.24) is 5.32 Å². The lowest BCUT2D eigenvalue weighted by molar-refractivity contribution is 0.0491. The van der Waals surface area contributed by atoms with Crippen LogP contribution in [0.15, 0.2) is 59.5 Å². The van der Waals surface area contributed by atoms with Crippen LogP contribution in [-0.4, -0.2) is 32.6 Å². The van der Waals surface area contributed by atoms with Crippen LogP contribution in [0, 0.1) is 0 Å².